The maximum Gasteiger partial charge on any atom is 0.0320 e. The fourth-order valence-electron chi connectivity index (χ4n) is 2.26. The van der Waals surface area contributed by atoms with Crippen LogP contribution in [0.15, 0.2) is 22.7 Å². The first kappa shape index (κ1) is 16.7. The molecule has 1 rings (SSSR count). The highest BCUT2D eigenvalue weighted by Crippen LogP contribution is 2.25. The molecule has 1 unspecified atom stereocenters. The highest BCUT2D eigenvalue weighted by atomic mass is 79.9. The summed E-state index contributed by atoms with van der Waals surface area (Å²) in [6.07, 6.45) is 5.03. The molecule has 108 valence electrons. The number of hydrogen-bond donors (Lipinski definition) is 1. The van der Waals surface area contributed by atoms with Crippen LogP contribution in [0.3, 0.4) is 0 Å². The number of aryl methyl sites for hydroxylation is 1. The number of halogens is 1. The van der Waals surface area contributed by atoms with Crippen molar-refractivity contribution in [3.05, 3.63) is 33.8 Å². The number of hydrogen-bond acceptors (Lipinski definition) is 1. The number of nitrogens with one attached hydrogen (secondary N) is 1. The Hall–Kier alpha value is -0.340. The van der Waals surface area contributed by atoms with Gasteiger partial charge in [-0.3, -0.25) is 0 Å². The van der Waals surface area contributed by atoms with Crippen molar-refractivity contribution in [2.75, 3.05) is 6.54 Å². The lowest BCUT2D eigenvalue weighted by atomic mass is 9.97. The van der Waals surface area contributed by atoms with E-state index >= 15 is 0 Å². The Morgan fingerprint density at radius 1 is 1.21 bits per heavy atom. The first-order valence-corrected chi connectivity index (χ1v) is 8.33. The molecule has 0 aliphatic heterocycles. The fraction of sp³-hybridized carbons (Fsp3) is 0.647. The maximum absolute atomic E-state index is 3.69. The van der Waals surface area contributed by atoms with Crippen LogP contribution in [-0.2, 0) is 0 Å². The van der Waals surface area contributed by atoms with Crippen LogP contribution in [0.4, 0.5) is 0 Å². The third kappa shape index (κ3) is 6.09. The van der Waals surface area contributed by atoms with Gasteiger partial charge in [-0.05, 0) is 49.4 Å². The standard InChI is InChI=1S/C17H28BrN/c1-5-11-19-17(8-6-7-13(2)3)15-10-9-14(4)16(18)12-15/h9-10,12-13,17,19H,5-8,11H2,1-4H3. The van der Waals surface area contributed by atoms with Crippen LogP contribution in [0, 0.1) is 12.8 Å². The molecule has 0 heterocycles. The molecule has 0 radical (unpaired) electrons. The van der Waals surface area contributed by atoms with E-state index < -0.39 is 0 Å². The van der Waals surface area contributed by atoms with Gasteiger partial charge in [0.05, 0.1) is 0 Å². The largest absolute Gasteiger partial charge is 0.310 e. The minimum atomic E-state index is 0.496. The zero-order chi connectivity index (χ0) is 14.3. The summed E-state index contributed by atoms with van der Waals surface area (Å²) in [7, 11) is 0. The minimum Gasteiger partial charge on any atom is -0.310 e. The molecular weight excluding hydrogens is 298 g/mol. The minimum absolute atomic E-state index is 0.496. The van der Waals surface area contributed by atoms with Crippen LogP contribution in [-0.4, -0.2) is 6.54 Å². The molecule has 1 atom stereocenters. The molecule has 0 aliphatic carbocycles. The lowest BCUT2D eigenvalue weighted by molar-refractivity contribution is 0.447. The average Bonchev–Trinajstić information content (AvgIpc) is 2.36. The van der Waals surface area contributed by atoms with E-state index in [4.69, 9.17) is 0 Å². The third-order valence-electron chi connectivity index (χ3n) is 3.51. The summed E-state index contributed by atoms with van der Waals surface area (Å²) in [5.74, 6) is 0.802. The molecule has 0 saturated heterocycles. The second-order valence-electron chi connectivity index (χ2n) is 5.84. The molecule has 2 heteroatoms. The van der Waals surface area contributed by atoms with Gasteiger partial charge in [0.15, 0.2) is 0 Å². The van der Waals surface area contributed by atoms with Crippen molar-refractivity contribution < 1.29 is 0 Å². The third-order valence-corrected chi connectivity index (χ3v) is 4.37. The first-order valence-electron chi connectivity index (χ1n) is 7.54. The molecular formula is C17H28BrN. The molecule has 1 aromatic rings. The summed E-state index contributed by atoms with van der Waals surface area (Å²) in [6.45, 7) is 10.1. The summed E-state index contributed by atoms with van der Waals surface area (Å²) in [5.41, 5.74) is 2.72. The zero-order valence-electron chi connectivity index (χ0n) is 12.8. The molecule has 0 aliphatic rings. The number of benzene rings is 1. The van der Waals surface area contributed by atoms with E-state index in [2.05, 4.69) is 67.1 Å². The smallest absolute Gasteiger partial charge is 0.0320 e. The average molecular weight is 326 g/mol. The van der Waals surface area contributed by atoms with Gasteiger partial charge in [0.2, 0.25) is 0 Å². The molecule has 0 fully saturated rings. The summed E-state index contributed by atoms with van der Waals surface area (Å²) >= 11 is 3.65. The monoisotopic (exact) mass is 325 g/mol. The van der Waals surface area contributed by atoms with E-state index in [0.717, 1.165) is 12.5 Å². The van der Waals surface area contributed by atoms with Crippen molar-refractivity contribution >= 4 is 15.9 Å². The van der Waals surface area contributed by atoms with Gasteiger partial charge in [0, 0.05) is 10.5 Å². The molecule has 1 nitrogen and oxygen atoms in total. The Bertz CT molecular complexity index is 374. The molecule has 0 spiro atoms. The van der Waals surface area contributed by atoms with Crippen LogP contribution in [0.2, 0.25) is 0 Å². The van der Waals surface area contributed by atoms with Gasteiger partial charge in [0.25, 0.3) is 0 Å². The van der Waals surface area contributed by atoms with Gasteiger partial charge in [-0.2, -0.15) is 0 Å². The van der Waals surface area contributed by atoms with Crippen LogP contribution >= 0.6 is 15.9 Å². The molecule has 0 saturated carbocycles. The SMILES string of the molecule is CCCNC(CCCC(C)C)c1ccc(C)c(Br)c1. The molecule has 19 heavy (non-hydrogen) atoms. The van der Waals surface area contributed by atoms with Crippen molar-refractivity contribution in [1.82, 2.24) is 5.32 Å². The summed E-state index contributed by atoms with van der Waals surface area (Å²) in [6, 6.07) is 7.25. The van der Waals surface area contributed by atoms with Gasteiger partial charge >= 0.3 is 0 Å². The predicted octanol–water partition coefficient (Wildman–Crippen LogP) is 5.62. The van der Waals surface area contributed by atoms with E-state index in [1.54, 1.807) is 0 Å². The van der Waals surface area contributed by atoms with Crippen molar-refractivity contribution in [3.8, 4) is 0 Å². The molecule has 0 aromatic heterocycles. The summed E-state index contributed by atoms with van der Waals surface area (Å²) in [5, 5.41) is 3.69. The van der Waals surface area contributed by atoms with Crippen LogP contribution < -0.4 is 5.32 Å². The van der Waals surface area contributed by atoms with E-state index in [1.807, 2.05) is 0 Å². The highest BCUT2D eigenvalue weighted by Gasteiger charge is 2.11. The van der Waals surface area contributed by atoms with E-state index in [9.17, 15) is 0 Å². The lowest BCUT2D eigenvalue weighted by Crippen LogP contribution is -2.22. The molecule has 0 amide bonds. The van der Waals surface area contributed by atoms with Gasteiger partial charge in [-0.15, -0.1) is 0 Å². The van der Waals surface area contributed by atoms with E-state index in [-0.39, 0.29) is 0 Å². The number of rotatable bonds is 8. The molecule has 1 aromatic carbocycles. The first-order chi connectivity index (χ1) is 9.04. The van der Waals surface area contributed by atoms with E-state index in [0.29, 0.717) is 6.04 Å². The Balaban J connectivity index is 2.68. The highest BCUT2D eigenvalue weighted by molar-refractivity contribution is 9.10. The molecule has 1 N–H and O–H groups in total. The van der Waals surface area contributed by atoms with Crippen molar-refractivity contribution in [1.29, 1.82) is 0 Å². The van der Waals surface area contributed by atoms with Crippen LogP contribution in [0.25, 0.3) is 0 Å². The fourth-order valence-corrected chi connectivity index (χ4v) is 2.66. The normalized spacial score (nSPS) is 12.9. The zero-order valence-corrected chi connectivity index (χ0v) is 14.4. The van der Waals surface area contributed by atoms with E-state index in [1.165, 1.54) is 41.3 Å². The second-order valence-corrected chi connectivity index (χ2v) is 6.69. The quantitative estimate of drug-likeness (QED) is 0.653. The van der Waals surface area contributed by atoms with Crippen molar-refractivity contribution in [2.24, 2.45) is 5.92 Å². The van der Waals surface area contributed by atoms with Gasteiger partial charge in [0.1, 0.15) is 0 Å². The van der Waals surface area contributed by atoms with Crippen LogP contribution in [0.5, 0.6) is 0 Å². The Morgan fingerprint density at radius 2 is 1.95 bits per heavy atom. The Morgan fingerprint density at radius 3 is 2.53 bits per heavy atom. The second kappa shape index (κ2) is 8.76. The van der Waals surface area contributed by atoms with Gasteiger partial charge < -0.3 is 5.32 Å². The van der Waals surface area contributed by atoms with Gasteiger partial charge in [-0.25, -0.2) is 0 Å². The van der Waals surface area contributed by atoms with Crippen molar-refractivity contribution in [3.63, 3.8) is 0 Å². The topological polar surface area (TPSA) is 12.0 Å². The summed E-state index contributed by atoms with van der Waals surface area (Å²) < 4.78 is 1.22. The Labute approximate surface area is 127 Å². The predicted molar refractivity (Wildman–Crippen MR) is 88.6 cm³/mol. The van der Waals surface area contributed by atoms with Crippen molar-refractivity contribution in [2.45, 2.75) is 59.4 Å². The van der Waals surface area contributed by atoms with Gasteiger partial charge in [-0.1, -0.05) is 61.7 Å². The molecule has 0 bridgehead atoms. The summed E-state index contributed by atoms with van der Waals surface area (Å²) in [4.78, 5) is 0. The lowest BCUT2D eigenvalue weighted by Gasteiger charge is -2.20. The van der Waals surface area contributed by atoms with Crippen LogP contribution in [0.1, 0.15) is 63.6 Å². The maximum atomic E-state index is 3.69. The Kier molecular flexibility index (Phi) is 7.70.